The summed E-state index contributed by atoms with van der Waals surface area (Å²) in [6.07, 6.45) is 4.25. The van der Waals surface area contributed by atoms with Gasteiger partial charge in [0, 0.05) is 18.8 Å². The summed E-state index contributed by atoms with van der Waals surface area (Å²) in [5, 5.41) is 0. The predicted molar refractivity (Wildman–Crippen MR) is 116 cm³/mol. The maximum atomic E-state index is 11.2. The van der Waals surface area contributed by atoms with Crippen LogP contribution in [0.1, 0.15) is 43.2 Å². The molecule has 0 aliphatic carbocycles. The fourth-order valence-corrected chi connectivity index (χ4v) is 3.00. The summed E-state index contributed by atoms with van der Waals surface area (Å²) < 4.78 is 11.2. The summed E-state index contributed by atoms with van der Waals surface area (Å²) in [5.41, 5.74) is 2.40. The first-order chi connectivity index (χ1) is 14.1. The van der Waals surface area contributed by atoms with Gasteiger partial charge in [0.15, 0.2) is 11.6 Å². The maximum Gasteiger partial charge on any atom is 0.158 e. The summed E-state index contributed by atoms with van der Waals surface area (Å²) in [7, 11) is 0. The molecule has 0 aliphatic rings. The molecule has 0 fully saturated rings. The number of hydrogen-bond acceptors (Lipinski definition) is 4. The molecule has 0 N–H and O–H groups in total. The molecule has 0 spiro atoms. The van der Waals surface area contributed by atoms with Gasteiger partial charge in [0.05, 0.1) is 13.2 Å². The van der Waals surface area contributed by atoms with Crippen molar-refractivity contribution < 1.29 is 19.1 Å². The van der Waals surface area contributed by atoms with Gasteiger partial charge >= 0.3 is 0 Å². The Labute approximate surface area is 172 Å². The van der Waals surface area contributed by atoms with E-state index < -0.39 is 0 Å². The molecular formula is C25H28O4. The van der Waals surface area contributed by atoms with Crippen LogP contribution in [-0.4, -0.2) is 24.8 Å². The van der Waals surface area contributed by atoms with E-state index in [1.165, 1.54) is 23.3 Å². The Bertz CT molecular complexity index is 749. The molecular weight excluding hydrogens is 364 g/mol. The number of carbonyl (C=O) groups is 2. The second-order valence-corrected chi connectivity index (χ2v) is 6.64. The first-order valence-corrected chi connectivity index (χ1v) is 9.83. The number of benzene rings is 2. The van der Waals surface area contributed by atoms with Crippen LogP contribution in [0.3, 0.4) is 0 Å². The van der Waals surface area contributed by atoms with Crippen LogP contribution in [0.15, 0.2) is 73.8 Å². The molecule has 0 aromatic heterocycles. The molecule has 0 aliphatic heterocycles. The van der Waals surface area contributed by atoms with Crippen LogP contribution < -0.4 is 9.47 Å². The van der Waals surface area contributed by atoms with Crippen molar-refractivity contribution in [3.05, 3.63) is 85.0 Å². The zero-order valence-electron chi connectivity index (χ0n) is 16.9. The highest BCUT2D eigenvalue weighted by Crippen LogP contribution is 2.30. The van der Waals surface area contributed by atoms with Crippen molar-refractivity contribution in [2.24, 2.45) is 0 Å². The second-order valence-electron chi connectivity index (χ2n) is 6.64. The Morgan fingerprint density at radius 2 is 1.17 bits per heavy atom. The molecule has 2 aromatic rings. The molecule has 2 rings (SSSR count). The smallest absolute Gasteiger partial charge is 0.158 e. The number of allylic oxidation sites excluding steroid dienone is 2. The van der Waals surface area contributed by atoms with Crippen LogP contribution in [0, 0.1) is 0 Å². The monoisotopic (exact) mass is 392 g/mol. The molecule has 0 heterocycles. The highest BCUT2D eigenvalue weighted by molar-refractivity contribution is 5.89. The van der Waals surface area contributed by atoms with E-state index >= 15 is 0 Å². The van der Waals surface area contributed by atoms with Crippen LogP contribution >= 0.6 is 0 Å². The fourth-order valence-electron chi connectivity index (χ4n) is 3.00. The van der Waals surface area contributed by atoms with Crippen LogP contribution in [0.25, 0.3) is 0 Å². The Morgan fingerprint density at radius 3 is 1.48 bits per heavy atom. The quantitative estimate of drug-likeness (QED) is 0.435. The van der Waals surface area contributed by atoms with E-state index in [1.807, 2.05) is 24.3 Å². The lowest BCUT2D eigenvalue weighted by atomic mass is 9.89. The molecule has 0 unspecified atom stereocenters. The molecule has 4 heteroatoms. The zero-order valence-corrected chi connectivity index (χ0v) is 16.9. The molecule has 29 heavy (non-hydrogen) atoms. The number of carbonyl (C=O) groups excluding carboxylic acids is 2. The standard InChI is InChI=1S/C25H28O4/c1-4-21(26)15-17-28-23-11-7-19(8-12-23)25(6-3)20-9-13-24(14-10-20)29-18-16-22(27)5-2/h4-5,7-14,25H,1-2,6,15-18H2,3H3. The predicted octanol–water partition coefficient (Wildman–Crippen LogP) is 5.28. The molecule has 0 bridgehead atoms. The third kappa shape index (κ3) is 7.07. The van der Waals surface area contributed by atoms with E-state index in [0.717, 1.165) is 17.9 Å². The highest BCUT2D eigenvalue weighted by Gasteiger charge is 2.12. The maximum absolute atomic E-state index is 11.2. The van der Waals surface area contributed by atoms with Gasteiger partial charge in [-0.1, -0.05) is 44.3 Å². The summed E-state index contributed by atoms with van der Waals surface area (Å²) in [5.74, 6) is 1.72. The summed E-state index contributed by atoms with van der Waals surface area (Å²) >= 11 is 0. The van der Waals surface area contributed by atoms with Gasteiger partial charge in [0.25, 0.3) is 0 Å². The third-order valence-electron chi connectivity index (χ3n) is 4.66. The van der Waals surface area contributed by atoms with Gasteiger partial charge < -0.3 is 9.47 Å². The second kappa shape index (κ2) is 11.6. The van der Waals surface area contributed by atoms with E-state index in [2.05, 4.69) is 44.3 Å². The average molecular weight is 392 g/mol. The lowest BCUT2D eigenvalue weighted by molar-refractivity contribution is -0.115. The van der Waals surface area contributed by atoms with Crippen molar-refractivity contribution in [2.45, 2.75) is 32.1 Å². The van der Waals surface area contributed by atoms with E-state index in [1.54, 1.807) is 0 Å². The molecule has 0 saturated heterocycles. The molecule has 152 valence electrons. The van der Waals surface area contributed by atoms with Crippen molar-refractivity contribution in [3.63, 3.8) is 0 Å². The van der Waals surface area contributed by atoms with Crippen LogP contribution in [-0.2, 0) is 9.59 Å². The molecule has 0 radical (unpaired) electrons. The van der Waals surface area contributed by atoms with Gasteiger partial charge in [-0.15, -0.1) is 0 Å². The normalized spacial score (nSPS) is 10.4. The summed E-state index contributed by atoms with van der Waals surface area (Å²) in [6, 6.07) is 16.0. The summed E-state index contributed by atoms with van der Waals surface area (Å²) in [6.45, 7) is 9.76. The lowest BCUT2D eigenvalue weighted by Crippen LogP contribution is -2.05. The summed E-state index contributed by atoms with van der Waals surface area (Å²) in [4.78, 5) is 22.5. The topological polar surface area (TPSA) is 52.6 Å². The van der Waals surface area contributed by atoms with Crippen molar-refractivity contribution in [2.75, 3.05) is 13.2 Å². The van der Waals surface area contributed by atoms with E-state index in [9.17, 15) is 9.59 Å². The minimum absolute atomic E-state index is 0.0209. The zero-order chi connectivity index (χ0) is 21.1. The van der Waals surface area contributed by atoms with Gasteiger partial charge in [-0.2, -0.15) is 0 Å². The highest BCUT2D eigenvalue weighted by atomic mass is 16.5. The van der Waals surface area contributed by atoms with Crippen LogP contribution in [0.2, 0.25) is 0 Å². The first-order valence-electron chi connectivity index (χ1n) is 9.83. The Balaban J connectivity index is 1.95. The van der Waals surface area contributed by atoms with Gasteiger partial charge in [0.1, 0.15) is 11.5 Å². The van der Waals surface area contributed by atoms with Gasteiger partial charge in [-0.05, 0) is 54.0 Å². The number of ether oxygens (including phenoxy) is 2. The molecule has 0 amide bonds. The van der Waals surface area contributed by atoms with E-state index in [-0.39, 0.29) is 17.5 Å². The lowest BCUT2D eigenvalue weighted by Gasteiger charge is -2.17. The molecule has 0 atom stereocenters. The van der Waals surface area contributed by atoms with Crippen molar-refractivity contribution in [1.29, 1.82) is 0 Å². The largest absolute Gasteiger partial charge is 0.493 e. The van der Waals surface area contributed by atoms with E-state index in [0.29, 0.717) is 26.1 Å². The van der Waals surface area contributed by atoms with Gasteiger partial charge in [-0.3, -0.25) is 9.59 Å². The fraction of sp³-hybridized carbons (Fsp3) is 0.280. The minimum atomic E-state index is -0.0209. The molecule has 2 aromatic carbocycles. The number of ketones is 2. The van der Waals surface area contributed by atoms with Crippen molar-refractivity contribution in [1.82, 2.24) is 0 Å². The number of rotatable bonds is 13. The number of hydrogen-bond donors (Lipinski definition) is 0. The van der Waals surface area contributed by atoms with Gasteiger partial charge in [0.2, 0.25) is 0 Å². The third-order valence-corrected chi connectivity index (χ3v) is 4.66. The Kier molecular flexibility index (Phi) is 8.90. The Hall–Kier alpha value is -3.14. The minimum Gasteiger partial charge on any atom is -0.493 e. The van der Waals surface area contributed by atoms with Crippen LogP contribution in [0.5, 0.6) is 11.5 Å². The van der Waals surface area contributed by atoms with Crippen molar-refractivity contribution >= 4 is 11.6 Å². The average Bonchev–Trinajstić information content (AvgIpc) is 2.76. The van der Waals surface area contributed by atoms with E-state index in [4.69, 9.17) is 9.47 Å². The van der Waals surface area contributed by atoms with Gasteiger partial charge in [-0.25, -0.2) is 0 Å². The molecule has 4 nitrogen and oxygen atoms in total. The van der Waals surface area contributed by atoms with Crippen LogP contribution in [0.4, 0.5) is 0 Å². The molecule has 0 saturated carbocycles. The first kappa shape index (κ1) is 22.2. The Morgan fingerprint density at radius 1 is 0.793 bits per heavy atom. The SMILES string of the molecule is C=CC(=O)CCOc1ccc(C(CC)c2ccc(OCCC(=O)C=C)cc2)cc1. The van der Waals surface area contributed by atoms with Crippen molar-refractivity contribution in [3.8, 4) is 11.5 Å².